The van der Waals surface area contributed by atoms with Gasteiger partial charge in [-0.05, 0) is 64.2 Å². The fourth-order valence-corrected chi connectivity index (χ4v) is 6.15. The summed E-state index contributed by atoms with van der Waals surface area (Å²) in [5.74, 6) is 2.33. The quantitative estimate of drug-likeness (QED) is 0.350. The van der Waals surface area contributed by atoms with Crippen molar-refractivity contribution in [2.24, 2.45) is 5.92 Å². The maximum absolute atomic E-state index is 13.5. The van der Waals surface area contributed by atoms with Gasteiger partial charge in [0.05, 0.1) is 11.1 Å². The number of hydrogen-bond donors (Lipinski definition) is 0. The summed E-state index contributed by atoms with van der Waals surface area (Å²) < 4.78 is 7.24. The molecule has 0 N–H and O–H groups in total. The minimum atomic E-state index is 0.110. The molecule has 0 saturated carbocycles. The zero-order valence-electron chi connectivity index (χ0n) is 18.8. The van der Waals surface area contributed by atoms with Crippen LogP contribution < -0.4 is 5.56 Å². The molecule has 3 aromatic rings. The van der Waals surface area contributed by atoms with Gasteiger partial charge in [-0.2, -0.15) is 4.98 Å². The second-order valence-electron chi connectivity index (χ2n) is 8.89. The van der Waals surface area contributed by atoms with E-state index in [0.717, 1.165) is 54.0 Å². The first-order chi connectivity index (χ1) is 14.9. The van der Waals surface area contributed by atoms with Crippen molar-refractivity contribution in [1.82, 2.24) is 24.6 Å². The summed E-state index contributed by atoms with van der Waals surface area (Å²) >= 11 is 3.23. The third-order valence-corrected chi connectivity index (χ3v) is 7.61. The molecule has 0 atom stereocenters. The molecule has 0 bridgehead atoms. The number of nitrogens with zero attached hydrogens (tertiary/aromatic N) is 5. The molecule has 0 aromatic carbocycles. The average Bonchev–Trinajstić information content (AvgIpc) is 3.31. The topological polar surface area (TPSA) is 77.1 Å². The molecule has 0 spiro atoms. The van der Waals surface area contributed by atoms with Gasteiger partial charge >= 0.3 is 0 Å². The van der Waals surface area contributed by atoms with E-state index < -0.39 is 0 Å². The maximum Gasteiger partial charge on any atom is 0.263 e. The number of hydrogen-bond acceptors (Lipinski definition) is 8. The molecule has 4 rings (SSSR count). The summed E-state index contributed by atoms with van der Waals surface area (Å²) in [6.07, 6.45) is 6.11. The standard InChI is InChI=1S/C22H31N5O2S2/c1-14(2)12-18-23-17(25-29-18)13-30-22-24-20-19(15-8-5-6-9-16(15)31-20)21(28)27(22)11-7-10-26(3)4/h14H,5-13H2,1-4H3. The lowest BCUT2D eigenvalue weighted by Gasteiger charge is -2.14. The number of fused-ring (bicyclic) bond motifs is 3. The van der Waals surface area contributed by atoms with Crippen LogP contribution in [-0.2, 0) is 31.6 Å². The molecule has 3 heterocycles. The van der Waals surface area contributed by atoms with Crippen LogP contribution in [0.15, 0.2) is 14.5 Å². The Morgan fingerprint density at radius 1 is 1.23 bits per heavy atom. The number of aromatic nitrogens is 4. The molecule has 3 aromatic heterocycles. The third-order valence-electron chi connectivity index (χ3n) is 5.45. The van der Waals surface area contributed by atoms with Crippen molar-refractivity contribution in [2.75, 3.05) is 20.6 Å². The van der Waals surface area contributed by atoms with E-state index in [4.69, 9.17) is 9.51 Å². The third kappa shape index (κ3) is 5.21. The summed E-state index contributed by atoms with van der Waals surface area (Å²) in [5, 5.41) is 5.72. The maximum atomic E-state index is 13.5. The largest absolute Gasteiger partial charge is 0.339 e. The predicted octanol–water partition coefficient (Wildman–Crippen LogP) is 4.16. The fraction of sp³-hybridized carbons (Fsp3) is 0.636. The molecule has 0 amide bonds. The first kappa shape index (κ1) is 22.5. The smallest absolute Gasteiger partial charge is 0.263 e. The van der Waals surface area contributed by atoms with Crippen molar-refractivity contribution in [3.05, 3.63) is 32.5 Å². The summed E-state index contributed by atoms with van der Waals surface area (Å²) in [6.45, 7) is 5.85. The number of aryl methyl sites for hydroxylation is 2. The Labute approximate surface area is 191 Å². The Balaban J connectivity index is 1.63. The molecular weight excluding hydrogens is 430 g/mol. The number of thiophene rings is 1. The van der Waals surface area contributed by atoms with Crippen molar-refractivity contribution in [2.45, 2.75) is 69.8 Å². The van der Waals surface area contributed by atoms with Crippen molar-refractivity contribution < 1.29 is 4.52 Å². The van der Waals surface area contributed by atoms with Gasteiger partial charge < -0.3 is 9.42 Å². The predicted molar refractivity (Wildman–Crippen MR) is 126 cm³/mol. The molecule has 1 aliphatic carbocycles. The van der Waals surface area contributed by atoms with E-state index >= 15 is 0 Å². The van der Waals surface area contributed by atoms with Gasteiger partial charge in [-0.1, -0.05) is 30.8 Å². The van der Waals surface area contributed by atoms with Crippen LogP contribution in [0.3, 0.4) is 0 Å². The molecule has 168 valence electrons. The van der Waals surface area contributed by atoms with E-state index in [9.17, 15) is 4.79 Å². The molecule has 0 unspecified atom stereocenters. The van der Waals surface area contributed by atoms with Gasteiger partial charge in [0.25, 0.3) is 5.56 Å². The Hall–Kier alpha value is -1.71. The van der Waals surface area contributed by atoms with Crippen molar-refractivity contribution in [1.29, 1.82) is 0 Å². The van der Waals surface area contributed by atoms with E-state index in [2.05, 4.69) is 43.0 Å². The highest BCUT2D eigenvalue weighted by molar-refractivity contribution is 7.98. The van der Waals surface area contributed by atoms with Crippen LogP contribution in [0.25, 0.3) is 10.2 Å². The van der Waals surface area contributed by atoms with Gasteiger partial charge in [0.2, 0.25) is 5.89 Å². The number of thioether (sulfide) groups is 1. The van der Waals surface area contributed by atoms with Gasteiger partial charge in [-0.25, -0.2) is 4.98 Å². The highest BCUT2D eigenvalue weighted by atomic mass is 32.2. The van der Waals surface area contributed by atoms with Crippen LogP contribution in [0, 0.1) is 5.92 Å². The van der Waals surface area contributed by atoms with Gasteiger partial charge in [-0.3, -0.25) is 9.36 Å². The van der Waals surface area contributed by atoms with Crippen molar-refractivity contribution >= 4 is 33.3 Å². The lowest BCUT2D eigenvalue weighted by molar-refractivity contribution is 0.360. The van der Waals surface area contributed by atoms with Crippen LogP contribution >= 0.6 is 23.1 Å². The summed E-state index contributed by atoms with van der Waals surface area (Å²) in [6, 6.07) is 0. The zero-order valence-corrected chi connectivity index (χ0v) is 20.4. The molecule has 1 aliphatic rings. The van der Waals surface area contributed by atoms with Crippen LogP contribution in [-0.4, -0.2) is 45.2 Å². The van der Waals surface area contributed by atoms with E-state index in [-0.39, 0.29) is 5.56 Å². The van der Waals surface area contributed by atoms with Gasteiger partial charge in [0, 0.05) is 17.8 Å². The Kier molecular flexibility index (Phi) is 7.13. The molecular formula is C22H31N5O2S2. The molecule has 9 heteroatoms. The Bertz CT molecular complexity index is 1100. The SMILES string of the molecule is CC(C)Cc1nc(CSc2nc3sc4c(c3c(=O)n2CCCN(C)C)CCCC4)no1. The number of rotatable bonds is 9. The van der Waals surface area contributed by atoms with Gasteiger partial charge in [0.15, 0.2) is 11.0 Å². The first-order valence-electron chi connectivity index (χ1n) is 11.1. The van der Waals surface area contributed by atoms with Crippen LogP contribution in [0.2, 0.25) is 0 Å². The average molecular weight is 462 g/mol. The molecule has 0 aliphatic heterocycles. The highest BCUT2D eigenvalue weighted by Crippen LogP contribution is 2.35. The monoisotopic (exact) mass is 461 g/mol. The molecule has 0 fully saturated rings. The van der Waals surface area contributed by atoms with Crippen molar-refractivity contribution in [3.63, 3.8) is 0 Å². The molecule has 0 saturated heterocycles. The normalized spacial score (nSPS) is 14.1. The minimum Gasteiger partial charge on any atom is -0.339 e. The summed E-state index contributed by atoms with van der Waals surface area (Å²) in [5.41, 5.74) is 1.36. The van der Waals surface area contributed by atoms with E-state index in [0.29, 0.717) is 29.9 Å². The highest BCUT2D eigenvalue weighted by Gasteiger charge is 2.22. The van der Waals surface area contributed by atoms with E-state index in [1.807, 2.05) is 4.57 Å². The Morgan fingerprint density at radius 2 is 2.03 bits per heavy atom. The zero-order chi connectivity index (χ0) is 22.0. The first-order valence-corrected chi connectivity index (χ1v) is 12.9. The molecule has 7 nitrogen and oxygen atoms in total. The van der Waals surface area contributed by atoms with Crippen LogP contribution in [0.5, 0.6) is 0 Å². The van der Waals surface area contributed by atoms with Crippen LogP contribution in [0.1, 0.15) is 55.3 Å². The summed E-state index contributed by atoms with van der Waals surface area (Å²) in [4.78, 5) is 27.4. The summed E-state index contributed by atoms with van der Waals surface area (Å²) in [7, 11) is 4.11. The molecule has 0 radical (unpaired) electrons. The van der Waals surface area contributed by atoms with E-state index in [1.165, 1.54) is 28.6 Å². The van der Waals surface area contributed by atoms with Crippen LogP contribution in [0.4, 0.5) is 0 Å². The Morgan fingerprint density at radius 3 is 2.81 bits per heavy atom. The van der Waals surface area contributed by atoms with Crippen molar-refractivity contribution in [3.8, 4) is 0 Å². The fourth-order valence-electron chi connectivity index (χ4n) is 3.98. The minimum absolute atomic E-state index is 0.110. The van der Waals surface area contributed by atoms with Gasteiger partial charge in [-0.15, -0.1) is 11.3 Å². The second-order valence-corrected chi connectivity index (χ2v) is 10.9. The lowest BCUT2D eigenvalue weighted by Crippen LogP contribution is -2.26. The second kappa shape index (κ2) is 9.83. The van der Waals surface area contributed by atoms with Gasteiger partial charge in [0.1, 0.15) is 4.83 Å². The molecule has 31 heavy (non-hydrogen) atoms. The van der Waals surface area contributed by atoms with E-state index in [1.54, 1.807) is 11.3 Å². The lowest BCUT2D eigenvalue weighted by atomic mass is 9.97.